The first kappa shape index (κ1) is 25.4. The van der Waals surface area contributed by atoms with Crippen LogP contribution in [0.15, 0.2) is 47.6 Å². The minimum Gasteiger partial charge on any atom is -0.494 e. The Bertz CT molecular complexity index is 1220. The van der Waals surface area contributed by atoms with Gasteiger partial charge in [0.2, 0.25) is 5.91 Å². The van der Waals surface area contributed by atoms with Crippen molar-refractivity contribution in [2.45, 2.75) is 37.2 Å². The molecule has 1 aromatic heterocycles. The van der Waals surface area contributed by atoms with Gasteiger partial charge >= 0.3 is 0 Å². The number of non-ortho nitro benzene ring substituents is 1. The average molecular weight is 517 g/mol. The van der Waals surface area contributed by atoms with Crippen LogP contribution in [-0.2, 0) is 22.6 Å². The maximum Gasteiger partial charge on any atom is 0.273 e. The number of rotatable bonds is 11. The fraction of sp³-hybridized carbons (Fsp3) is 0.348. The van der Waals surface area contributed by atoms with Gasteiger partial charge in [-0.2, -0.15) is 0 Å². The Kier molecular flexibility index (Phi) is 8.33. The normalized spacial score (nSPS) is 15.0. The molecule has 13 heteroatoms. The molecule has 0 radical (unpaired) electrons. The van der Waals surface area contributed by atoms with Crippen molar-refractivity contribution >= 4 is 34.7 Å². The maximum atomic E-state index is 13.2. The van der Waals surface area contributed by atoms with E-state index in [0.717, 1.165) is 18.5 Å². The number of hydrogen-bond acceptors (Lipinski definition) is 9. The zero-order chi connectivity index (χ0) is 25.5. The lowest BCUT2D eigenvalue weighted by molar-refractivity contribution is -0.384. The van der Waals surface area contributed by atoms with Gasteiger partial charge in [0.1, 0.15) is 11.6 Å². The molecular weight excluding hydrogens is 491 g/mol. The molecule has 1 atom stereocenters. The number of amides is 1. The molecule has 1 aliphatic rings. The molecule has 1 aliphatic heterocycles. The molecule has 1 fully saturated rings. The summed E-state index contributed by atoms with van der Waals surface area (Å²) in [5, 5.41) is 26.0. The van der Waals surface area contributed by atoms with Crippen LogP contribution in [0.5, 0.6) is 5.75 Å². The van der Waals surface area contributed by atoms with E-state index in [1.54, 1.807) is 12.1 Å². The summed E-state index contributed by atoms with van der Waals surface area (Å²) in [6.07, 6.45) is 1.94. The van der Waals surface area contributed by atoms with Gasteiger partial charge in [-0.15, -0.1) is 10.2 Å². The summed E-state index contributed by atoms with van der Waals surface area (Å²) in [7, 11) is 1.37. The molecule has 36 heavy (non-hydrogen) atoms. The Morgan fingerprint density at radius 2 is 2.11 bits per heavy atom. The average Bonchev–Trinajstić information content (AvgIpc) is 3.53. The Labute approximate surface area is 210 Å². The molecule has 4 rings (SSSR count). The van der Waals surface area contributed by atoms with E-state index in [2.05, 4.69) is 20.8 Å². The van der Waals surface area contributed by atoms with Gasteiger partial charge in [-0.05, 0) is 43.2 Å². The number of carbonyl (C=O) groups is 1. The largest absolute Gasteiger partial charge is 0.494 e. The number of aromatic nitrogens is 3. The second-order valence-corrected chi connectivity index (χ2v) is 8.93. The number of nitro benzene ring substituents is 1. The maximum absolute atomic E-state index is 13.2. The van der Waals surface area contributed by atoms with Crippen LogP contribution in [0.3, 0.4) is 0 Å². The Balaban J connectivity index is 1.42. The van der Waals surface area contributed by atoms with Crippen LogP contribution in [0.25, 0.3) is 0 Å². The topological polar surface area (TPSA) is 133 Å². The second-order valence-electron chi connectivity index (χ2n) is 7.98. The van der Waals surface area contributed by atoms with E-state index in [4.69, 9.17) is 9.47 Å². The highest BCUT2D eigenvalue weighted by atomic mass is 32.2. The third-order valence-electron chi connectivity index (χ3n) is 5.50. The minimum atomic E-state index is -0.534. The Morgan fingerprint density at radius 3 is 2.81 bits per heavy atom. The Morgan fingerprint density at radius 1 is 1.31 bits per heavy atom. The van der Waals surface area contributed by atoms with Crippen molar-refractivity contribution in [3.63, 3.8) is 0 Å². The van der Waals surface area contributed by atoms with Gasteiger partial charge in [0.25, 0.3) is 5.69 Å². The second kappa shape index (κ2) is 11.8. The summed E-state index contributed by atoms with van der Waals surface area (Å²) in [4.78, 5) is 23.1. The lowest BCUT2D eigenvalue weighted by Gasteiger charge is -2.15. The Hall–Kier alpha value is -3.71. The monoisotopic (exact) mass is 516 g/mol. The van der Waals surface area contributed by atoms with Crippen molar-refractivity contribution < 1.29 is 23.6 Å². The number of carbonyl (C=O) groups excluding carboxylic acids is 1. The summed E-state index contributed by atoms with van der Waals surface area (Å²) in [6, 6.07) is 10.0. The lowest BCUT2D eigenvalue weighted by atomic mass is 10.2. The molecule has 190 valence electrons. The summed E-state index contributed by atoms with van der Waals surface area (Å²) in [6.45, 7) is 1.61. The van der Waals surface area contributed by atoms with Crippen molar-refractivity contribution in [2.75, 3.05) is 30.1 Å². The molecule has 1 saturated heterocycles. The summed E-state index contributed by atoms with van der Waals surface area (Å²) in [5.41, 5.74) is 0.940. The number of ether oxygens (including phenoxy) is 2. The SMILES string of the molecule is COc1cc([N+](=O)[O-])ccc1NC(=O)CSc1nnc(CNc2ccc(F)cc2)n1CC1CCCO1. The number of hydrogen-bond donors (Lipinski definition) is 2. The van der Waals surface area contributed by atoms with E-state index in [-0.39, 0.29) is 35.0 Å². The summed E-state index contributed by atoms with van der Waals surface area (Å²) in [5.74, 6) is 0.248. The highest BCUT2D eigenvalue weighted by Crippen LogP contribution is 2.29. The quantitative estimate of drug-likeness (QED) is 0.221. The number of thioether (sulfide) groups is 1. The van der Waals surface area contributed by atoms with E-state index in [1.807, 2.05) is 4.57 Å². The van der Waals surface area contributed by atoms with Crippen LogP contribution in [0.4, 0.5) is 21.5 Å². The van der Waals surface area contributed by atoms with Crippen LogP contribution in [0.1, 0.15) is 18.7 Å². The molecule has 0 aliphatic carbocycles. The van der Waals surface area contributed by atoms with Crippen molar-refractivity contribution in [2.24, 2.45) is 0 Å². The summed E-state index contributed by atoms with van der Waals surface area (Å²) < 4.78 is 26.1. The van der Waals surface area contributed by atoms with E-state index >= 15 is 0 Å². The van der Waals surface area contributed by atoms with Gasteiger partial charge in [-0.25, -0.2) is 4.39 Å². The number of nitro groups is 1. The molecule has 2 heterocycles. The lowest BCUT2D eigenvalue weighted by Crippen LogP contribution is -2.20. The fourth-order valence-electron chi connectivity index (χ4n) is 3.69. The molecule has 0 saturated carbocycles. The molecule has 1 amide bonds. The molecule has 1 unspecified atom stereocenters. The summed E-state index contributed by atoms with van der Waals surface area (Å²) >= 11 is 1.22. The van der Waals surface area contributed by atoms with Gasteiger partial charge in [0, 0.05) is 18.4 Å². The van der Waals surface area contributed by atoms with Gasteiger partial charge < -0.3 is 24.7 Å². The molecule has 0 spiro atoms. The number of nitrogens with one attached hydrogen (secondary N) is 2. The van der Waals surface area contributed by atoms with Gasteiger partial charge in [0.15, 0.2) is 11.0 Å². The zero-order valence-corrected chi connectivity index (χ0v) is 20.3. The van der Waals surface area contributed by atoms with Crippen molar-refractivity contribution in [1.82, 2.24) is 14.8 Å². The smallest absolute Gasteiger partial charge is 0.273 e. The van der Waals surface area contributed by atoms with Crippen LogP contribution < -0.4 is 15.4 Å². The van der Waals surface area contributed by atoms with E-state index in [0.29, 0.717) is 36.4 Å². The van der Waals surface area contributed by atoms with Gasteiger partial charge in [0.05, 0.1) is 48.7 Å². The van der Waals surface area contributed by atoms with Crippen LogP contribution in [0.2, 0.25) is 0 Å². The van der Waals surface area contributed by atoms with E-state index in [9.17, 15) is 19.3 Å². The minimum absolute atomic E-state index is 0.0307. The van der Waals surface area contributed by atoms with Crippen LogP contribution in [0, 0.1) is 15.9 Å². The predicted octanol–water partition coefficient (Wildman–Crippen LogP) is 3.86. The highest BCUT2D eigenvalue weighted by Gasteiger charge is 2.22. The van der Waals surface area contributed by atoms with Gasteiger partial charge in [-0.1, -0.05) is 11.8 Å². The number of nitrogens with zero attached hydrogens (tertiary/aromatic N) is 4. The van der Waals surface area contributed by atoms with Crippen molar-refractivity contribution in [3.05, 3.63) is 64.2 Å². The van der Waals surface area contributed by atoms with Crippen molar-refractivity contribution in [3.8, 4) is 5.75 Å². The van der Waals surface area contributed by atoms with E-state index < -0.39 is 4.92 Å². The van der Waals surface area contributed by atoms with Crippen LogP contribution >= 0.6 is 11.8 Å². The standard InChI is InChI=1S/C23H25FN6O5S/c1-34-20-11-17(30(32)33)8-9-19(20)26-22(31)14-36-23-28-27-21(29(23)13-18-3-2-10-35-18)12-25-16-6-4-15(24)5-7-16/h4-9,11,18,25H,2-3,10,12-14H2,1H3,(H,26,31). The number of anilines is 2. The van der Waals surface area contributed by atoms with Crippen LogP contribution in [-0.4, -0.2) is 51.2 Å². The first-order chi connectivity index (χ1) is 17.4. The third-order valence-corrected chi connectivity index (χ3v) is 6.47. The molecular formula is C23H25FN6O5S. The third kappa shape index (κ3) is 6.49. The number of halogens is 1. The van der Waals surface area contributed by atoms with Crippen molar-refractivity contribution in [1.29, 1.82) is 0 Å². The first-order valence-corrected chi connectivity index (χ1v) is 12.2. The van der Waals surface area contributed by atoms with Gasteiger partial charge in [-0.3, -0.25) is 14.9 Å². The highest BCUT2D eigenvalue weighted by molar-refractivity contribution is 7.99. The fourth-order valence-corrected chi connectivity index (χ4v) is 4.46. The molecule has 3 aromatic rings. The molecule has 11 nitrogen and oxygen atoms in total. The predicted molar refractivity (Wildman–Crippen MR) is 132 cm³/mol. The molecule has 0 bridgehead atoms. The molecule has 2 aromatic carbocycles. The molecule has 2 N–H and O–H groups in total. The first-order valence-electron chi connectivity index (χ1n) is 11.2. The zero-order valence-electron chi connectivity index (χ0n) is 19.5. The number of methoxy groups -OCH3 is 1. The van der Waals surface area contributed by atoms with E-state index in [1.165, 1.54) is 49.2 Å². The number of benzene rings is 2.